The Morgan fingerprint density at radius 1 is 1.03 bits per heavy atom. The van der Waals surface area contributed by atoms with E-state index in [0.717, 1.165) is 28.6 Å². The Morgan fingerprint density at radius 2 is 1.78 bits per heavy atom. The van der Waals surface area contributed by atoms with Crippen LogP contribution in [0.3, 0.4) is 0 Å². The number of aliphatic hydroxyl groups is 1. The van der Waals surface area contributed by atoms with Crippen LogP contribution in [-0.4, -0.2) is 20.2 Å². The van der Waals surface area contributed by atoms with Gasteiger partial charge in [0.1, 0.15) is 23.7 Å². The molecule has 9 heteroatoms. The SMILES string of the molecule is OC1(c2cnc(OCc3c(-c4c(Cl)cccc4Cl)noc3C3CC3)cn2)CC(c2cccc(Br)c2)C1. The van der Waals surface area contributed by atoms with Gasteiger partial charge in [-0.1, -0.05) is 62.5 Å². The molecule has 2 heterocycles. The first-order valence-corrected chi connectivity index (χ1v) is 13.3. The van der Waals surface area contributed by atoms with Crippen LogP contribution in [0.2, 0.25) is 10.0 Å². The zero-order valence-corrected chi connectivity index (χ0v) is 22.2. The molecule has 2 aromatic heterocycles. The van der Waals surface area contributed by atoms with Crippen molar-refractivity contribution in [2.45, 2.75) is 49.7 Å². The molecule has 1 N–H and O–H groups in total. The van der Waals surface area contributed by atoms with Crippen molar-refractivity contribution in [3.05, 3.63) is 92.0 Å². The third kappa shape index (κ3) is 4.54. The number of ether oxygens (including phenoxy) is 1. The molecule has 2 saturated carbocycles. The van der Waals surface area contributed by atoms with Crippen LogP contribution in [0.5, 0.6) is 5.88 Å². The second-order valence-corrected chi connectivity index (χ2v) is 11.2. The topological polar surface area (TPSA) is 81.3 Å². The maximum atomic E-state index is 11.1. The molecule has 6 nitrogen and oxygen atoms in total. The van der Waals surface area contributed by atoms with E-state index >= 15 is 0 Å². The summed E-state index contributed by atoms with van der Waals surface area (Å²) in [6, 6.07) is 13.5. The van der Waals surface area contributed by atoms with Crippen molar-refractivity contribution in [2.24, 2.45) is 0 Å². The second-order valence-electron chi connectivity index (χ2n) is 9.47. The highest BCUT2D eigenvalue weighted by molar-refractivity contribution is 9.10. The molecule has 4 aromatic rings. The van der Waals surface area contributed by atoms with Crippen LogP contribution in [0.1, 0.15) is 60.1 Å². The summed E-state index contributed by atoms with van der Waals surface area (Å²) in [4.78, 5) is 8.88. The number of rotatable bonds is 7. The Labute approximate surface area is 226 Å². The van der Waals surface area contributed by atoms with E-state index in [1.54, 1.807) is 30.6 Å². The second kappa shape index (κ2) is 9.45. The van der Waals surface area contributed by atoms with Crippen molar-refractivity contribution >= 4 is 39.1 Å². The maximum absolute atomic E-state index is 11.1. The van der Waals surface area contributed by atoms with Crippen molar-refractivity contribution in [3.8, 4) is 17.1 Å². The molecule has 0 radical (unpaired) electrons. The summed E-state index contributed by atoms with van der Waals surface area (Å²) < 4.78 is 12.7. The Balaban J connectivity index is 1.17. The minimum atomic E-state index is -0.986. The molecule has 2 aliphatic rings. The monoisotopic (exact) mass is 585 g/mol. The van der Waals surface area contributed by atoms with Crippen molar-refractivity contribution in [3.63, 3.8) is 0 Å². The molecule has 2 aliphatic carbocycles. The molecule has 0 atom stereocenters. The van der Waals surface area contributed by atoms with Crippen LogP contribution in [0.4, 0.5) is 0 Å². The van der Waals surface area contributed by atoms with E-state index in [1.807, 2.05) is 12.1 Å². The number of nitrogens with zero attached hydrogens (tertiary/aromatic N) is 3. The molecule has 0 unspecified atom stereocenters. The molecular formula is C27H22BrCl2N3O3. The average Bonchev–Trinajstić information content (AvgIpc) is 3.61. The first-order valence-electron chi connectivity index (χ1n) is 11.8. The molecule has 36 heavy (non-hydrogen) atoms. The molecule has 0 aliphatic heterocycles. The number of aromatic nitrogens is 3. The van der Waals surface area contributed by atoms with Crippen LogP contribution >= 0.6 is 39.1 Å². The average molecular weight is 587 g/mol. The Bertz CT molecular complexity index is 1400. The quantitative estimate of drug-likeness (QED) is 0.243. The zero-order valence-electron chi connectivity index (χ0n) is 19.1. The molecule has 0 spiro atoms. The van der Waals surface area contributed by atoms with Gasteiger partial charge in [0.25, 0.3) is 0 Å². The van der Waals surface area contributed by atoms with Gasteiger partial charge in [0.2, 0.25) is 5.88 Å². The highest BCUT2D eigenvalue weighted by atomic mass is 79.9. The minimum Gasteiger partial charge on any atom is -0.471 e. The summed E-state index contributed by atoms with van der Waals surface area (Å²) >= 11 is 16.4. The van der Waals surface area contributed by atoms with Gasteiger partial charge in [-0.2, -0.15) is 0 Å². The van der Waals surface area contributed by atoms with Gasteiger partial charge in [-0.05, 0) is 61.4 Å². The largest absolute Gasteiger partial charge is 0.471 e. The van der Waals surface area contributed by atoms with Crippen LogP contribution in [0.15, 0.2) is 63.9 Å². The predicted molar refractivity (Wildman–Crippen MR) is 140 cm³/mol. The van der Waals surface area contributed by atoms with E-state index in [9.17, 15) is 5.11 Å². The van der Waals surface area contributed by atoms with Gasteiger partial charge in [-0.15, -0.1) is 0 Å². The highest BCUT2D eigenvalue weighted by Gasteiger charge is 2.46. The lowest BCUT2D eigenvalue weighted by Gasteiger charge is -2.43. The Hall–Kier alpha value is -2.45. The molecular weight excluding hydrogens is 565 g/mol. The van der Waals surface area contributed by atoms with Crippen LogP contribution < -0.4 is 4.74 Å². The fourth-order valence-electron chi connectivity index (χ4n) is 4.79. The molecule has 0 saturated heterocycles. The summed E-state index contributed by atoms with van der Waals surface area (Å²) in [5, 5.41) is 16.4. The fraction of sp³-hybridized carbons (Fsp3) is 0.296. The Kier molecular flexibility index (Phi) is 6.28. The van der Waals surface area contributed by atoms with Crippen LogP contribution in [-0.2, 0) is 12.2 Å². The van der Waals surface area contributed by atoms with Crippen molar-refractivity contribution < 1.29 is 14.4 Å². The van der Waals surface area contributed by atoms with Crippen molar-refractivity contribution in [1.82, 2.24) is 15.1 Å². The summed E-state index contributed by atoms with van der Waals surface area (Å²) in [5.74, 6) is 1.76. The standard InChI is InChI=1S/C27H22BrCl2N3O3/c28-18-4-1-3-16(9-18)17-10-27(34,11-17)22-12-32-23(13-31-22)35-14-19-25(33-36-26(19)15-7-8-15)24-20(29)5-2-6-21(24)30/h1-6,9,12-13,15,17,34H,7-8,10-11,14H2. The number of hydrogen-bond donors (Lipinski definition) is 1. The van der Waals surface area contributed by atoms with Crippen molar-refractivity contribution in [2.75, 3.05) is 0 Å². The molecule has 6 rings (SSSR count). The van der Waals surface area contributed by atoms with E-state index in [2.05, 4.69) is 43.2 Å². The summed E-state index contributed by atoms with van der Waals surface area (Å²) in [6.07, 6.45) is 6.44. The van der Waals surface area contributed by atoms with Crippen LogP contribution in [0.25, 0.3) is 11.3 Å². The lowest BCUT2D eigenvalue weighted by molar-refractivity contribution is -0.0590. The molecule has 2 fully saturated rings. The summed E-state index contributed by atoms with van der Waals surface area (Å²) in [5.41, 5.74) is 2.79. The highest BCUT2D eigenvalue weighted by Crippen LogP contribution is 2.50. The Morgan fingerprint density at radius 3 is 2.44 bits per heavy atom. The van der Waals surface area contributed by atoms with Gasteiger partial charge >= 0.3 is 0 Å². The first-order chi connectivity index (χ1) is 17.4. The van der Waals surface area contributed by atoms with Gasteiger partial charge in [0.05, 0.1) is 33.7 Å². The third-order valence-corrected chi connectivity index (χ3v) is 8.05. The van der Waals surface area contributed by atoms with E-state index in [0.29, 0.717) is 51.6 Å². The summed E-state index contributed by atoms with van der Waals surface area (Å²) in [7, 11) is 0. The van der Waals surface area contributed by atoms with Gasteiger partial charge in [-0.3, -0.25) is 4.98 Å². The molecule has 0 bridgehead atoms. The lowest BCUT2D eigenvalue weighted by Crippen LogP contribution is -2.40. The smallest absolute Gasteiger partial charge is 0.232 e. The lowest BCUT2D eigenvalue weighted by atomic mass is 9.66. The molecule has 2 aromatic carbocycles. The normalized spacial score (nSPS) is 21.3. The summed E-state index contributed by atoms with van der Waals surface area (Å²) in [6.45, 7) is 0.190. The first kappa shape index (κ1) is 23.9. The number of benzene rings is 2. The van der Waals surface area contributed by atoms with E-state index in [-0.39, 0.29) is 12.5 Å². The molecule has 184 valence electrons. The number of halogens is 3. The van der Waals surface area contributed by atoms with E-state index < -0.39 is 5.60 Å². The van der Waals surface area contributed by atoms with Gasteiger partial charge in [-0.25, -0.2) is 4.98 Å². The predicted octanol–water partition coefficient (Wildman–Crippen LogP) is 7.42. The minimum absolute atomic E-state index is 0.190. The van der Waals surface area contributed by atoms with Gasteiger partial charge < -0.3 is 14.4 Å². The van der Waals surface area contributed by atoms with E-state index in [4.69, 9.17) is 32.5 Å². The van der Waals surface area contributed by atoms with Gasteiger partial charge in [0.15, 0.2) is 0 Å². The third-order valence-electron chi connectivity index (χ3n) is 6.92. The van der Waals surface area contributed by atoms with Crippen molar-refractivity contribution in [1.29, 1.82) is 0 Å². The number of hydrogen-bond acceptors (Lipinski definition) is 6. The van der Waals surface area contributed by atoms with Gasteiger partial charge in [0, 0.05) is 16.0 Å². The maximum Gasteiger partial charge on any atom is 0.232 e. The van der Waals surface area contributed by atoms with E-state index in [1.165, 1.54) is 5.56 Å². The fourth-order valence-corrected chi connectivity index (χ4v) is 5.78. The van der Waals surface area contributed by atoms with Crippen LogP contribution in [0, 0.1) is 0 Å². The molecule has 0 amide bonds. The zero-order chi connectivity index (χ0) is 24.9.